The highest BCUT2D eigenvalue weighted by Crippen LogP contribution is 2.14. The van der Waals surface area contributed by atoms with E-state index in [0.717, 1.165) is 32.0 Å². The molecule has 0 aromatic rings. The van der Waals surface area contributed by atoms with Crippen molar-refractivity contribution in [3.63, 3.8) is 0 Å². The van der Waals surface area contributed by atoms with Gasteiger partial charge < -0.3 is 14.6 Å². The van der Waals surface area contributed by atoms with Crippen molar-refractivity contribution in [1.82, 2.24) is 0 Å². The van der Waals surface area contributed by atoms with E-state index >= 15 is 0 Å². The zero-order valence-electron chi connectivity index (χ0n) is 8.43. The highest BCUT2D eigenvalue weighted by atomic mass is 28.4. The van der Waals surface area contributed by atoms with Crippen LogP contribution in [0, 0.1) is 0 Å². The molecular formula is C8H21NO2Si. The predicted octanol–water partition coefficient (Wildman–Crippen LogP) is 1.48. The van der Waals surface area contributed by atoms with E-state index in [1.165, 1.54) is 0 Å². The molecule has 0 saturated carbocycles. The third kappa shape index (κ3) is 4.87. The molecule has 1 atom stereocenters. The van der Waals surface area contributed by atoms with Gasteiger partial charge in [-0.15, -0.1) is 0 Å². The fourth-order valence-corrected chi connectivity index (χ4v) is 2.92. The van der Waals surface area contributed by atoms with E-state index in [1.54, 1.807) is 7.11 Å². The normalized spacial score (nSPS) is 16.0. The van der Waals surface area contributed by atoms with Crippen molar-refractivity contribution in [3.05, 3.63) is 0 Å². The van der Waals surface area contributed by atoms with Gasteiger partial charge in [0, 0.05) is 13.7 Å². The number of hydrogen-bond acceptors (Lipinski definition) is 3. The van der Waals surface area contributed by atoms with Gasteiger partial charge in [-0.3, -0.25) is 0 Å². The molecular weight excluding hydrogens is 170 g/mol. The van der Waals surface area contributed by atoms with Gasteiger partial charge >= 0.3 is 8.56 Å². The molecule has 0 spiro atoms. The molecule has 0 aliphatic rings. The van der Waals surface area contributed by atoms with Gasteiger partial charge in [-0.25, -0.2) is 0 Å². The summed E-state index contributed by atoms with van der Waals surface area (Å²) in [5.41, 5.74) is 5.43. The summed E-state index contributed by atoms with van der Waals surface area (Å²) in [6.45, 7) is 5.73. The van der Waals surface area contributed by atoms with E-state index in [1.807, 2.05) is 0 Å². The van der Waals surface area contributed by atoms with Crippen LogP contribution in [0.1, 0.15) is 19.8 Å². The van der Waals surface area contributed by atoms with Crippen LogP contribution < -0.4 is 5.73 Å². The van der Waals surface area contributed by atoms with Crippen LogP contribution in [-0.2, 0) is 8.85 Å². The van der Waals surface area contributed by atoms with Crippen LogP contribution in [0.3, 0.4) is 0 Å². The van der Waals surface area contributed by atoms with Gasteiger partial charge in [-0.2, -0.15) is 0 Å². The first-order valence-electron chi connectivity index (χ1n) is 4.57. The maximum absolute atomic E-state index is 5.69. The Morgan fingerprint density at radius 1 is 1.42 bits per heavy atom. The molecule has 0 amide bonds. The Morgan fingerprint density at radius 2 is 2.08 bits per heavy atom. The Kier molecular flexibility index (Phi) is 6.65. The second kappa shape index (κ2) is 6.60. The third-order valence-corrected chi connectivity index (χ3v) is 4.82. The van der Waals surface area contributed by atoms with Crippen molar-refractivity contribution in [2.45, 2.75) is 32.4 Å². The Bertz CT molecular complexity index is 103. The Balaban J connectivity index is 3.70. The zero-order chi connectivity index (χ0) is 9.45. The molecule has 0 radical (unpaired) electrons. The standard InChI is InChI=1S/C8H21NO2Si/c1-4-7-11-12(3,10-2)8-5-6-9/h4-9H2,1-3H3. The average molecular weight is 191 g/mol. The van der Waals surface area contributed by atoms with Gasteiger partial charge in [0.25, 0.3) is 0 Å². The molecule has 0 aromatic heterocycles. The van der Waals surface area contributed by atoms with Crippen molar-refractivity contribution in [1.29, 1.82) is 0 Å². The second-order valence-corrected chi connectivity index (χ2v) is 6.54. The van der Waals surface area contributed by atoms with Crippen molar-refractivity contribution in [2.75, 3.05) is 20.3 Å². The van der Waals surface area contributed by atoms with Crippen molar-refractivity contribution in [2.24, 2.45) is 5.73 Å². The van der Waals surface area contributed by atoms with Crippen LogP contribution in [0.15, 0.2) is 0 Å². The molecule has 0 aliphatic carbocycles. The molecule has 1 unspecified atom stereocenters. The lowest BCUT2D eigenvalue weighted by Gasteiger charge is -2.24. The highest BCUT2D eigenvalue weighted by Gasteiger charge is 2.28. The summed E-state index contributed by atoms with van der Waals surface area (Å²) >= 11 is 0. The van der Waals surface area contributed by atoms with Crippen LogP contribution in [0.5, 0.6) is 0 Å². The lowest BCUT2D eigenvalue weighted by Crippen LogP contribution is -2.38. The van der Waals surface area contributed by atoms with Crippen LogP contribution in [0.4, 0.5) is 0 Å². The highest BCUT2D eigenvalue weighted by molar-refractivity contribution is 6.65. The maximum Gasteiger partial charge on any atom is 0.334 e. The largest absolute Gasteiger partial charge is 0.398 e. The molecule has 0 saturated heterocycles. The van der Waals surface area contributed by atoms with Gasteiger partial charge in [0.2, 0.25) is 0 Å². The van der Waals surface area contributed by atoms with Gasteiger partial charge in [-0.05, 0) is 32.0 Å². The fourth-order valence-electron chi connectivity index (χ4n) is 0.974. The smallest absolute Gasteiger partial charge is 0.334 e. The van der Waals surface area contributed by atoms with E-state index in [-0.39, 0.29) is 0 Å². The molecule has 3 nitrogen and oxygen atoms in total. The number of rotatable bonds is 7. The summed E-state index contributed by atoms with van der Waals surface area (Å²) in [5.74, 6) is 0. The first-order valence-corrected chi connectivity index (χ1v) is 7.10. The van der Waals surface area contributed by atoms with E-state index in [2.05, 4.69) is 13.5 Å². The summed E-state index contributed by atoms with van der Waals surface area (Å²) in [6.07, 6.45) is 2.05. The fraction of sp³-hybridized carbons (Fsp3) is 1.00. The van der Waals surface area contributed by atoms with E-state index in [0.29, 0.717) is 0 Å². The first-order chi connectivity index (χ1) is 5.68. The van der Waals surface area contributed by atoms with E-state index in [4.69, 9.17) is 14.6 Å². The molecule has 0 bridgehead atoms. The molecule has 2 N–H and O–H groups in total. The molecule has 4 heteroatoms. The summed E-state index contributed by atoms with van der Waals surface area (Å²) in [6, 6.07) is 1.00. The summed E-state index contributed by atoms with van der Waals surface area (Å²) < 4.78 is 11.1. The minimum Gasteiger partial charge on any atom is -0.398 e. The van der Waals surface area contributed by atoms with Crippen molar-refractivity contribution < 1.29 is 8.85 Å². The third-order valence-electron chi connectivity index (χ3n) is 1.88. The molecule has 12 heavy (non-hydrogen) atoms. The summed E-state index contributed by atoms with van der Waals surface area (Å²) in [7, 11) is -0.111. The summed E-state index contributed by atoms with van der Waals surface area (Å²) in [5, 5.41) is 0. The van der Waals surface area contributed by atoms with E-state index < -0.39 is 8.56 Å². The Labute approximate surface area is 76.5 Å². The van der Waals surface area contributed by atoms with Crippen LogP contribution in [0.2, 0.25) is 12.6 Å². The van der Waals surface area contributed by atoms with Gasteiger partial charge in [0.05, 0.1) is 0 Å². The molecule has 0 fully saturated rings. The minimum absolute atomic E-state index is 0.724. The average Bonchev–Trinajstić information content (AvgIpc) is 2.11. The van der Waals surface area contributed by atoms with Crippen LogP contribution >= 0.6 is 0 Å². The van der Waals surface area contributed by atoms with Gasteiger partial charge in [0.15, 0.2) is 0 Å². The Hall–Kier alpha value is 0.0969. The van der Waals surface area contributed by atoms with Gasteiger partial charge in [0.1, 0.15) is 0 Å². The molecule has 0 aromatic carbocycles. The second-order valence-electron chi connectivity index (χ2n) is 3.08. The number of hydrogen-bond donors (Lipinski definition) is 1. The van der Waals surface area contributed by atoms with Crippen LogP contribution in [-0.4, -0.2) is 28.8 Å². The predicted molar refractivity (Wildman–Crippen MR) is 53.3 cm³/mol. The van der Waals surface area contributed by atoms with Crippen molar-refractivity contribution >= 4 is 8.56 Å². The quantitative estimate of drug-likeness (QED) is 0.620. The monoisotopic (exact) mass is 191 g/mol. The SMILES string of the molecule is CCCO[Si](C)(CCCN)OC. The van der Waals surface area contributed by atoms with Gasteiger partial charge in [-0.1, -0.05) is 6.92 Å². The first kappa shape index (κ1) is 12.1. The number of nitrogens with two attached hydrogens (primary N) is 1. The molecule has 0 heterocycles. The Morgan fingerprint density at radius 3 is 2.50 bits per heavy atom. The molecule has 74 valence electrons. The molecule has 0 aliphatic heterocycles. The topological polar surface area (TPSA) is 44.5 Å². The maximum atomic E-state index is 5.69. The van der Waals surface area contributed by atoms with Crippen LogP contribution in [0.25, 0.3) is 0 Å². The van der Waals surface area contributed by atoms with E-state index in [9.17, 15) is 0 Å². The minimum atomic E-state index is -1.85. The zero-order valence-corrected chi connectivity index (χ0v) is 9.43. The lowest BCUT2D eigenvalue weighted by atomic mass is 10.5. The van der Waals surface area contributed by atoms with Crippen molar-refractivity contribution in [3.8, 4) is 0 Å². The lowest BCUT2D eigenvalue weighted by molar-refractivity contribution is 0.204. The summed E-state index contributed by atoms with van der Waals surface area (Å²) in [4.78, 5) is 0. The molecule has 0 rings (SSSR count).